The highest BCUT2D eigenvalue weighted by Gasteiger charge is 2.02. The molecule has 0 spiro atoms. The molecule has 2 heterocycles. The summed E-state index contributed by atoms with van der Waals surface area (Å²) in [6.45, 7) is 0. The Morgan fingerprint density at radius 1 is 1.14 bits per heavy atom. The van der Waals surface area contributed by atoms with Gasteiger partial charge in [-0.1, -0.05) is 24.3 Å². The molecule has 0 saturated carbocycles. The summed E-state index contributed by atoms with van der Waals surface area (Å²) in [6.07, 6.45) is 5.89. The van der Waals surface area contributed by atoms with Crippen LogP contribution < -0.4 is 5.73 Å². The van der Waals surface area contributed by atoms with Gasteiger partial charge in [0.1, 0.15) is 0 Å². The molecule has 4 heteroatoms. The first kappa shape index (κ1) is 13.4. The Kier molecular flexibility index (Phi) is 3.69. The van der Waals surface area contributed by atoms with E-state index in [4.69, 9.17) is 5.73 Å². The van der Waals surface area contributed by atoms with Crippen molar-refractivity contribution in [2.45, 2.75) is 19.3 Å². The zero-order valence-electron chi connectivity index (χ0n) is 11.7. The highest BCUT2D eigenvalue weighted by Crippen LogP contribution is 2.22. The quantitative estimate of drug-likeness (QED) is 0.753. The number of H-pyrrole nitrogens is 1. The average molecular weight is 279 g/mol. The molecular weight excluding hydrogens is 262 g/mol. The van der Waals surface area contributed by atoms with E-state index in [0.717, 1.165) is 35.0 Å². The molecule has 0 aliphatic carbocycles. The van der Waals surface area contributed by atoms with Gasteiger partial charge in [0.25, 0.3) is 0 Å². The Bertz CT molecular complexity index is 759. The molecule has 3 rings (SSSR count). The monoisotopic (exact) mass is 279 g/mol. The molecule has 4 nitrogen and oxygen atoms in total. The SMILES string of the molecule is NC(=O)CCCc1ccc(-c2cnc3cc[nH]c3c2)cc1. The lowest BCUT2D eigenvalue weighted by Crippen LogP contribution is -2.10. The first-order valence-corrected chi connectivity index (χ1v) is 7.03. The van der Waals surface area contributed by atoms with Crippen LogP contribution >= 0.6 is 0 Å². The molecule has 106 valence electrons. The fourth-order valence-corrected chi connectivity index (χ4v) is 2.42. The maximum atomic E-state index is 10.7. The number of fused-ring (bicyclic) bond motifs is 1. The number of rotatable bonds is 5. The zero-order valence-corrected chi connectivity index (χ0v) is 11.7. The second kappa shape index (κ2) is 5.79. The van der Waals surface area contributed by atoms with E-state index in [1.165, 1.54) is 5.56 Å². The minimum atomic E-state index is -0.239. The average Bonchev–Trinajstić information content (AvgIpc) is 2.95. The maximum absolute atomic E-state index is 10.7. The molecule has 3 aromatic rings. The van der Waals surface area contributed by atoms with Gasteiger partial charge in [0.15, 0.2) is 0 Å². The van der Waals surface area contributed by atoms with Gasteiger partial charge < -0.3 is 10.7 Å². The largest absolute Gasteiger partial charge is 0.370 e. The highest BCUT2D eigenvalue weighted by atomic mass is 16.1. The van der Waals surface area contributed by atoms with Crippen LogP contribution in [0.4, 0.5) is 0 Å². The van der Waals surface area contributed by atoms with E-state index in [1.807, 2.05) is 18.5 Å². The lowest BCUT2D eigenvalue weighted by Gasteiger charge is -2.04. The van der Waals surface area contributed by atoms with Gasteiger partial charge in [0.05, 0.1) is 11.0 Å². The smallest absolute Gasteiger partial charge is 0.217 e. The van der Waals surface area contributed by atoms with Gasteiger partial charge in [-0.15, -0.1) is 0 Å². The Balaban J connectivity index is 1.75. The third-order valence-corrected chi connectivity index (χ3v) is 3.57. The van der Waals surface area contributed by atoms with Crippen LogP contribution in [-0.4, -0.2) is 15.9 Å². The second-order valence-corrected chi connectivity index (χ2v) is 5.15. The van der Waals surface area contributed by atoms with Crippen LogP contribution in [0.15, 0.2) is 48.8 Å². The van der Waals surface area contributed by atoms with Crippen molar-refractivity contribution in [3.8, 4) is 11.1 Å². The zero-order chi connectivity index (χ0) is 14.7. The minimum absolute atomic E-state index is 0.239. The minimum Gasteiger partial charge on any atom is -0.370 e. The summed E-state index contributed by atoms with van der Waals surface area (Å²) >= 11 is 0. The first-order valence-electron chi connectivity index (χ1n) is 7.03. The lowest BCUT2D eigenvalue weighted by atomic mass is 10.0. The third-order valence-electron chi connectivity index (χ3n) is 3.57. The van der Waals surface area contributed by atoms with E-state index in [0.29, 0.717) is 6.42 Å². The predicted molar refractivity (Wildman–Crippen MR) is 83.7 cm³/mol. The number of carbonyl (C=O) groups excluding carboxylic acids is 1. The molecule has 0 aliphatic rings. The summed E-state index contributed by atoms with van der Waals surface area (Å²) in [7, 11) is 0. The van der Waals surface area contributed by atoms with Crippen LogP contribution in [-0.2, 0) is 11.2 Å². The van der Waals surface area contributed by atoms with Crippen molar-refractivity contribution in [2.24, 2.45) is 5.73 Å². The van der Waals surface area contributed by atoms with Crippen LogP contribution in [0.2, 0.25) is 0 Å². The van der Waals surface area contributed by atoms with E-state index in [1.54, 1.807) is 0 Å². The fraction of sp³-hybridized carbons (Fsp3) is 0.176. The topological polar surface area (TPSA) is 71.8 Å². The number of aryl methyl sites for hydroxylation is 1. The van der Waals surface area contributed by atoms with Gasteiger partial charge in [0, 0.05) is 24.4 Å². The van der Waals surface area contributed by atoms with E-state index >= 15 is 0 Å². The molecule has 0 unspecified atom stereocenters. The number of hydrogen-bond acceptors (Lipinski definition) is 2. The van der Waals surface area contributed by atoms with Crippen molar-refractivity contribution in [3.05, 3.63) is 54.4 Å². The number of primary amides is 1. The summed E-state index contributed by atoms with van der Waals surface area (Å²) in [5, 5.41) is 0. The number of nitrogens with two attached hydrogens (primary N) is 1. The molecule has 0 saturated heterocycles. The molecule has 2 aromatic heterocycles. The molecule has 0 bridgehead atoms. The Labute approximate surface area is 123 Å². The van der Waals surface area contributed by atoms with E-state index in [9.17, 15) is 4.79 Å². The summed E-state index contributed by atoms with van der Waals surface area (Å²) in [4.78, 5) is 18.3. The normalized spacial score (nSPS) is 10.9. The molecule has 21 heavy (non-hydrogen) atoms. The van der Waals surface area contributed by atoms with Crippen LogP contribution in [0.1, 0.15) is 18.4 Å². The number of nitrogens with zero attached hydrogens (tertiary/aromatic N) is 1. The van der Waals surface area contributed by atoms with Gasteiger partial charge >= 0.3 is 0 Å². The van der Waals surface area contributed by atoms with Crippen molar-refractivity contribution in [1.29, 1.82) is 0 Å². The van der Waals surface area contributed by atoms with Crippen LogP contribution in [0.25, 0.3) is 22.2 Å². The summed E-state index contributed by atoms with van der Waals surface area (Å²) < 4.78 is 0. The number of pyridine rings is 1. The molecule has 0 radical (unpaired) electrons. The fourth-order valence-electron chi connectivity index (χ4n) is 2.42. The number of nitrogens with one attached hydrogen (secondary N) is 1. The van der Waals surface area contributed by atoms with Crippen molar-refractivity contribution in [3.63, 3.8) is 0 Å². The number of benzene rings is 1. The molecule has 0 aliphatic heterocycles. The maximum Gasteiger partial charge on any atom is 0.217 e. The van der Waals surface area contributed by atoms with Crippen molar-refractivity contribution >= 4 is 16.9 Å². The number of aromatic nitrogens is 2. The second-order valence-electron chi connectivity index (χ2n) is 5.15. The molecule has 0 atom stereocenters. The van der Waals surface area contributed by atoms with E-state index < -0.39 is 0 Å². The van der Waals surface area contributed by atoms with Crippen LogP contribution in [0, 0.1) is 0 Å². The van der Waals surface area contributed by atoms with Gasteiger partial charge in [-0.05, 0) is 36.1 Å². The molecule has 1 aromatic carbocycles. The first-order chi connectivity index (χ1) is 10.2. The van der Waals surface area contributed by atoms with Crippen LogP contribution in [0.3, 0.4) is 0 Å². The highest BCUT2D eigenvalue weighted by molar-refractivity contribution is 5.80. The van der Waals surface area contributed by atoms with E-state index in [-0.39, 0.29) is 5.91 Å². The summed E-state index contributed by atoms with van der Waals surface area (Å²) in [5.41, 5.74) is 10.6. The third kappa shape index (κ3) is 3.11. The van der Waals surface area contributed by atoms with Gasteiger partial charge in [-0.2, -0.15) is 0 Å². The van der Waals surface area contributed by atoms with Gasteiger partial charge in [0.2, 0.25) is 5.91 Å². The number of amides is 1. The summed E-state index contributed by atoms with van der Waals surface area (Å²) in [6, 6.07) is 12.4. The molecule has 3 N–H and O–H groups in total. The van der Waals surface area contributed by atoms with Crippen molar-refractivity contribution in [2.75, 3.05) is 0 Å². The Morgan fingerprint density at radius 3 is 2.71 bits per heavy atom. The molecule has 0 fully saturated rings. The van der Waals surface area contributed by atoms with Crippen LogP contribution in [0.5, 0.6) is 0 Å². The molecular formula is C17H17N3O. The van der Waals surface area contributed by atoms with Gasteiger partial charge in [-0.25, -0.2) is 0 Å². The number of hydrogen-bond donors (Lipinski definition) is 2. The number of carbonyl (C=O) groups is 1. The Hall–Kier alpha value is -2.62. The van der Waals surface area contributed by atoms with Gasteiger partial charge in [-0.3, -0.25) is 9.78 Å². The predicted octanol–water partition coefficient (Wildman–Crippen LogP) is 3.04. The standard InChI is InChI=1S/C17H17N3O/c18-17(21)3-1-2-12-4-6-13(7-5-12)14-10-16-15(20-11-14)8-9-19-16/h4-11,19H,1-3H2,(H2,18,21). The lowest BCUT2D eigenvalue weighted by molar-refractivity contribution is -0.118. The summed E-state index contributed by atoms with van der Waals surface area (Å²) in [5.74, 6) is -0.239. The van der Waals surface area contributed by atoms with Crippen molar-refractivity contribution < 1.29 is 4.79 Å². The van der Waals surface area contributed by atoms with Crippen molar-refractivity contribution in [1.82, 2.24) is 9.97 Å². The Morgan fingerprint density at radius 2 is 1.95 bits per heavy atom. The molecule has 1 amide bonds. The van der Waals surface area contributed by atoms with E-state index in [2.05, 4.69) is 40.3 Å². The number of aromatic amines is 1.